The van der Waals surface area contributed by atoms with Crippen LogP contribution in [0, 0.1) is 5.41 Å². The number of halogens is 1. The second kappa shape index (κ2) is 6.25. The van der Waals surface area contributed by atoms with E-state index in [2.05, 4.69) is 5.32 Å². The Morgan fingerprint density at radius 1 is 1.26 bits per heavy atom. The van der Waals surface area contributed by atoms with Gasteiger partial charge in [-0.2, -0.15) is 0 Å². The van der Waals surface area contributed by atoms with Crippen LogP contribution in [0.2, 0.25) is 5.02 Å². The number of hydrogen-bond acceptors (Lipinski definition) is 5. The van der Waals surface area contributed by atoms with E-state index < -0.39 is 17.3 Å². The van der Waals surface area contributed by atoms with Gasteiger partial charge in [0.05, 0.1) is 10.4 Å². The van der Waals surface area contributed by atoms with E-state index in [-0.39, 0.29) is 18.4 Å². The van der Waals surface area contributed by atoms with Crippen molar-refractivity contribution in [1.82, 2.24) is 5.32 Å². The fourth-order valence-corrected chi connectivity index (χ4v) is 2.94. The number of rotatable bonds is 4. The summed E-state index contributed by atoms with van der Waals surface area (Å²) in [7, 11) is 0. The van der Waals surface area contributed by atoms with Crippen LogP contribution in [0.4, 0.5) is 0 Å². The molecule has 0 aliphatic carbocycles. The van der Waals surface area contributed by atoms with Crippen LogP contribution < -0.4 is 14.8 Å². The third kappa shape index (κ3) is 3.07. The Bertz CT molecular complexity index is 641. The molecular weight excluding hydrogens is 326 g/mol. The fourth-order valence-electron chi connectivity index (χ4n) is 2.68. The molecule has 1 fully saturated rings. The third-order valence-corrected chi connectivity index (χ3v) is 4.46. The molecule has 7 nitrogen and oxygen atoms in total. The third-order valence-electron chi connectivity index (χ3n) is 4.18. The van der Waals surface area contributed by atoms with E-state index in [0.29, 0.717) is 43.1 Å². The maximum atomic E-state index is 12.3. The van der Waals surface area contributed by atoms with Crippen molar-refractivity contribution in [1.29, 1.82) is 0 Å². The average Bonchev–Trinajstić information content (AvgIpc) is 3.02. The van der Waals surface area contributed by atoms with Crippen LogP contribution >= 0.6 is 11.6 Å². The van der Waals surface area contributed by atoms with E-state index in [1.54, 1.807) is 0 Å². The number of nitrogens with one attached hydrogen (secondary N) is 1. The first-order valence-corrected chi connectivity index (χ1v) is 7.58. The molecule has 2 heterocycles. The Morgan fingerprint density at radius 3 is 2.70 bits per heavy atom. The number of hydrogen-bond donors (Lipinski definition) is 2. The molecular formula is C15H16ClNO6. The van der Waals surface area contributed by atoms with Gasteiger partial charge in [-0.15, -0.1) is 0 Å². The molecule has 23 heavy (non-hydrogen) atoms. The zero-order chi connectivity index (χ0) is 16.4. The molecule has 1 aromatic carbocycles. The van der Waals surface area contributed by atoms with Crippen LogP contribution in [0.15, 0.2) is 12.1 Å². The highest BCUT2D eigenvalue weighted by atomic mass is 35.5. The minimum absolute atomic E-state index is 0.0383. The lowest BCUT2D eigenvalue weighted by Gasteiger charge is -2.33. The van der Waals surface area contributed by atoms with Crippen molar-refractivity contribution in [3.05, 3.63) is 22.7 Å². The van der Waals surface area contributed by atoms with Crippen molar-refractivity contribution < 1.29 is 28.9 Å². The first-order valence-electron chi connectivity index (χ1n) is 7.20. The van der Waals surface area contributed by atoms with Gasteiger partial charge in [0, 0.05) is 25.3 Å². The Morgan fingerprint density at radius 2 is 2.00 bits per heavy atom. The van der Waals surface area contributed by atoms with Crippen LogP contribution in [0.1, 0.15) is 23.2 Å². The predicted molar refractivity (Wildman–Crippen MR) is 80.0 cm³/mol. The highest BCUT2D eigenvalue weighted by Gasteiger charge is 2.40. The van der Waals surface area contributed by atoms with Crippen molar-refractivity contribution in [3.63, 3.8) is 0 Å². The van der Waals surface area contributed by atoms with E-state index in [0.717, 1.165) is 0 Å². The second-order valence-corrected chi connectivity index (χ2v) is 5.98. The summed E-state index contributed by atoms with van der Waals surface area (Å²) in [6, 6.07) is 3.00. The largest absolute Gasteiger partial charge is 0.481 e. The Kier molecular flexibility index (Phi) is 4.32. The number of benzene rings is 1. The zero-order valence-corrected chi connectivity index (χ0v) is 13.0. The second-order valence-electron chi connectivity index (χ2n) is 5.57. The van der Waals surface area contributed by atoms with Gasteiger partial charge in [-0.05, 0) is 25.0 Å². The molecule has 0 radical (unpaired) electrons. The van der Waals surface area contributed by atoms with E-state index in [9.17, 15) is 14.7 Å². The molecule has 1 saturated heterocycles. The van der Waals surface area contributed by atoms with Gasteiger partial charge in [-0.3, -0.25) is 9.59 Å². The molecule has 0 aromatic heterocycles. The fraction of sp³-hybridized carbons (Fsp3) is 0.467. The van der Waals surface area contributed by atoms with Crippen LogP contribution in [-0.2, 0) is 9.53 Å². The summed E-state index contributed by atoms with van der Waals surface area (Å²) < 4.78 is 15.6. The summed E-state index contributed by atoms with van der Waals surface area (Å²) in [5.41, 5.74) is -0.694. The van der Waals surface area contributed by atoms with Gasteiger partial charge in [0.25, 0.3) is 5.91 Å². The van der Waals surface area contributed by atoms with Crippen molar-refractivity contribution >= 4 is 23.5 Å². The number of fused-ring (bicyclic) bond motifs is 1. The predicted octanol–water partition coefficient (Wildman–Crippen LogP) is 1.68. The molecule has 2 aliphatic rings. The number of carbonyl (C=O) groups excluding carboxylic acids is 1. The molecule has 0 atom stereocenters. The van der Waals surface area contributed by atoms with Gasteiger partial charge >= 0.3 is 5.97 Å². The Balaban J connectivity index is 1.72. The molecule has 8 heteroatoms. The smallest absolute Gasteiger partial charge is 0.311 e. The maximum absolute atomic E-state index is 12.3. The van der Waals surface area contributed by atoms with Crippen LogP contribution in [-0.4, -0.2) is 43.5 Å². The van der Waals surface area contributed by atoms with Gasteiger partial charge in [0.1, 0.15) is 0 Å². The SMILES string of the molecule is O=C(NCC1(C(=O)O)CCOCC1)c1cc(Cl)c2c(c1)OCO2. The van der Waals surface area contributed by atoms with Crippen LogP contribution in [0.25, 0.3) is 0 Å². The zero-order valence-electron chi connectivity index (χ0n) is 12.3. The molecule has 124 valence electrons. The number of carboxylic acid groups (broad SMARTS) is 1. The minimum Gasteiger partial charge on any atom is -0.481 e. The number of carbonyl (C=O) groups is 2. The topological polar surface area (TPSA) is 94.1 Å². The van der Waals surface area contributed by atoms with Crippen LogP contribution in [0.5, 0.6) is 11.5 Å². The molecule has 0 bridgehead atoms. The lowest BCUT2D eigenvalue weighted by atomic mass is 9.80. The highest BCUT2D eigenvalue weighted by molar-refractivity contribution is 6.32. The van der Waals surface area contributed by atoms with Crippen molar-refractivity contribution in [2.75, 3.05) is 26.6 Å². The molecule has 0 spiro atoms. The summed E-state index contributed by atoms with van der Waals surface area (Å²) in [4.78, 5) is 23.9. The number of carboxylic acids is 1. The molecule has 1 aromatic rings. The molecule has 1 amide bonds. The average molecular weight is 342 g/mol. The van der Waals surface area contributed by atoms with Crippen molar-refractivity contribution in [2.45, 2.75) is 12.8 Å². The minimum atomic E-state index is -0.992. The Labute approximate surface area is 137 Å². The van der Waals surface area contributed by atoms with Gasteiger partial charge in [-0.1, -0.05) is 11.6 Å². The maximum Gasteiger partial charge on any atom is 0.311 e. The summed E-state index contributed by atoms with van der Waals surface area (Å²) in [5, 5.41) is 12.4. The molecule has 2 N–H and O–H groups in total. The molecule has 0 saturated carbocycles. The lowest BCUT2D eigenvalue weighted by Crippen LogP contribution is -2.46. The monoisotopic (exact) mass is 341 g/mol. The summed E-state index contributed by atoms with van der Waals surface area (Å²) >= 11 is 6.05. The number of ether oxygens (including phenoxy) is 3. The quantitative estimate of drug-likeness (QED) is 0.865. The lowest BCUT2D eigenvalue weighted by molar-refractivity contribution is -0.154. The molecule has 2 aliphatic heterocycles. The van der Waals surface area contributed by atoms with E-state index in [1.165, 1.54) is 12.1 Å². The number of aliphatic carboxylic acids is 1. The highest BCUT2D eigenvalue weighted by Crippen LogP contribution is 2.39. The van der Waals surface area contributed by atoms with E-state index in [1.807, 2.05) is 0 Å². The first kappa shape index (κ1) is 15.9. The number of amides is 1. The van der Waals surface area contributed by atoms with Gasteiger partial charge in [-0.25, -0.2) is 0 Å². The Hall–Kier alpha value is -1.99. The normalized spacial score (nSPS) is 18.5. The van der Waals surface area contributed by atoms with E-state index in [4.69, 9.17) is 25.8 Å². The first-order chi connectivity index (χ1) is 11.0. The van der Waals surface area contributed by atoms with E-state index >= 15 is 0 Å². The van der Waals surface area contributed by atoms with Gasteiger partial charge in [0.15, 0.2) is 11.5 Å². The summed E-state index contributed by atoms with van der Waals surface area (Å²) in [5.74, 6) is -0.515. The van der Waals surface area contributed by atoms with Crippen LogP contribution in [0.3, 0.4) is 0 Å². The summed E-state index contributed by atoms with van der Waals surface area (Å²) in [6.07, 6.45) is 0.731. The van der Waals surface area contributed by atoms with Gasteiger partial charge in [0.2, 0.25) is 6.79 Å². The molecule has 3 rings (SSSR count). The summed E-state index contributed by atoms with van der Waals surface area (Å²) in [6.45, 7) is 0.842. The van der Waals surface area contributed by atoms with Gasteiger partial charge < -0.3 is 24.6 Å². The van der Waals surface area contributed by atoms with Crippen molar-refractivity contribution in [2.24, 2.45) is 5.41 Å². The standard InChI is InChI=1S/C15H16ClNO6/c16-10-5-9(6-11-12(10)23-8-22-11)13(18)17-7-15(14(19)20)1-3-21-4-2-15/h5-6H,1-4,7-8H2,(H,17,18)(H,19,20). The van der Waals surface area contributed by atoms with Crippen molar-refractivity contribution in [3.8, 4) is 11.5 Å². The molecule has 0 unspecified atom stereocenters.